The van der Waals surface area contributed by atoms with Gasteiger partial charge in [0.05, 0.1) is 6.61 Å². The lowest BCUT2D eigenvalue weighted by Gasteiger charge is -2.09. The molecular weight excluding hydrogens is 350 g/mol. The molecule has 8 nitrogen and oxygen atoms in total. The van der Waals surface area contributed by atoms with E-state index in [1.807, 2.05) is 0 Å². The van der Waals surface area contributed by atoms with Gasteiger partial charge in [0.2, 0.25) is 0 Å². The topological polar surface area (TPSA) is 122 Å². The molecule has 0 amide bonds. The highest BCUT2D eigenvalue weighted by atomic mass is 32.2. The molecular formula is C16H15NO7S. The first-order valence-corrected chi connectivity index (χ1v) is 8.47. The molecule has 0 aromatic heterocycles. The van der Waals surface area contributed by atoms with Crippen LogP contribution in [0, 0.1) is 0 Å². The number of rotatable bonds is 6. The number of benzene rings is 2. The minimum absolute atomic E-state index is 0.0955. The van der Waals surface area contributed by atoms with Crippen LogP contribution in [-0.4, -0.2) is 20.4 Å². The molecule has 0 aliphatic heterocycles. The van der Waals surface area contributed by atoms with Crippen molar-refractivity contribution >= 4 is 22.2 Å². The molecule has 0 aliphatic carbocycles. The van der Waals surface area contributed by atoms with Gasteiger partial charge in [-0.3, -0.25) is 8.98 Å². The Kier molecular flexibility index (Phi) is 5.86. The maximum Gasteiger partial charge on any atom is 0.347 e. The minimum Gasteiger partial charge on any atom is -0.426 e. The van der Waals surface area contributed by atoms with Crippen LogP contribution in [0.4, 0.5) is 0 Å². The van der Waals surface area contributed by atoms with Crippen molar-refractivity contribution in [3.63, 3.8) is 0 Å². The first-order valence-electron chi connectivity index (χ1n) is 7.00. The highest BCUT2D eigenvalue weighted by molar-refractivity contribution is 7.84. The van der Waals surface area contributed by atoms with Crippen LogP contribution in [0.5, 0.6) is 11.5 Å². The molecule has 0 heterocycles. The Bertz CT molecular complexity index is 876. The van der Waals surface area contributed by atoms with Crippen molar-refractivity contribution < 1.29 is 31.7 Å². The lowest BCUT2D eigenvalue weighted by molar-refractivity contribution is -0.131. The fourth-order valence-electron chi connectivity index (χ4n) is 1.85. The first kappa shape index (κ1) is 18.6. The monoisotopic (exact) mass is 365 g/mol. The zero-order chi connectivity index (χ0) is 18.4. The highest BCUT2D eigenvalue weighted by Gasteiger charge is 2.16. The highest BCUT2D eigenvalue weighted by Crippen LogP contribution is 2.21. The Morgan fingerprint density at radius 1 is 1.00 bits per heavy atom. The van der Waals surface area contributed by atoms with E-state index in [2.05, 4.69) is 4.18 Å². The van der Waals surface area contributed by atoms with Gasteiger partial charge in [-0.25, -0.2) is 9.93 Å². The third-order valence-corrected chi connectivity index (χ3v) is 3.33. The molecule has 0 atom stereocenters. The number of hydrogen-bond acceptors (Lipinski definition) is 7. The number of carbonyl (C=O) groups excluding carboxylic acids is 2. The van der Waals surface area contributed by atoms with Crippen LogP contribution in [0.15, 0.2) is 48.5 Å². The summed E-state index contributed by atoms with van der Waals surface area (Å²) in [6, 6.07) is 12.1. The van der Waals surface area contributed by atoms with Gasteiger partial charge in [-0.05, 0) is 29.8 Å². The Hall–Kier alpha value is -2.75. The molecule has 132 valence electrons. The van der Waals surface area contributed by atoms with E-state index in [4.69, 9.17) is 14.6 Å². The number of nitrogens with two attached hydrogens (primary N) is 1. The molecule has 0 radical (unpaired) electrons. The van der Waals surface area contributed by atoms with Gasteiger partial charge in [-0.15, -0.1) is 0 Å². The van der Waals surface area contributed by atoms with Crippen molar-refractivity contribution in [2.24, 2.45) is 5.14 Å². The van der Waals surface area contributed by atoms with Crippen LogP contribution in [0.3, 0.4) is 0 Å². The van der Waals surface area contributed by atoms with Gasteiger partial charge in [0, 0.05) is 6.92 Å². The van der Waals surface area contributed by atoms with Crippen LogP contribution in [0.25, 0.3) is 0 Å². The summed E-state index contributed by atoms with van der Waals surface area (Å²) in [5.74, 6) is -0.940. The second-order valence-corrected chi connectivity index (χ2v) is 6.10. The number of para-hydroxylation sites is 1. The lowest BCUT2D eigenvalue weighted by atomic mass is 10.2. The van der Waals surface area contributed by atoms with E-state index >= 15 is 0 Å². The van der Waals surface area contributed by atoms with Gasteiger partial charge in [-0.1, -0.05) is 24.3 Å². The van der Waals surface area contributed by atoms with Crippen molar-refractivity contribution in [3.05, 3.63) is 59.7 Å². The zero-order valence-corrected chi connectivity index (χ0v) is 14.0. The van der Waals surface area contributed by atoms with Crippen molar-refractivity contribution in [2.75, 3.05) is 0 Å². The molecule has 0 saturated carbocycles. The van der Waals surface area contributed by atoms with E-state index in [-0.39, 0.29) is 23.7 Å². The van der Waals surface area contributed by atoms with Crippen molar-refractivity contribution in [3.8, 4) is 11.5 Å². The Morgan fingerprint density at radius 3 is 2.24 bits per heavy atom. The van der Waals surface area contributed by atoms with E-state index < -0.39 is 22.2 Å². The smallest absolute Gasteiger partial charge is 0.347 e. The van der Waals surface area contributed by atoms with Crippen LogP contribution >= 0.6 is 0 Å². The van der Waals surface area contributed by atoms with Gasteiger partial charge < -0.3 is 9.47 Å². The van der Waals surface area contributed by atoms with Crippen molar-refractivity contribution in [1.29, 1.82) is 0 Å². The molecule has 9 heteroatoms. The fourth-order valence-corrected chi connectivity index (χ4v) is 2.15. The zero-order valence-electron chi connectivity index (χ0n) is 13.2. The Labute approximate surface area is 144 Å². The van der Waals surface area contributed by atoms with E-state index in [9.17, 15) is 18.0 Å². The Balaban J connectivity index is 2.07. The molecule has 25 heavy (non-hydrogen) atoms. The largest absolute Gasteiger partial charge is 0.426 e. The predicted octanol–water partition coefficient (Wildman–Crippen LogP) is 1.55. The van der Waals surface area contributed by atoms with Crippen molar-refractivity contribution in [1.82, 2.24) is 0 Å². The van der Waals surface area contributed by atoms with E-state index in [0.717, 1.165) is 0 Å². The molecule has 2 N–H and O–H groups in total. The Morgan fingerprint density at radius 2 is 1.64 bits per heavy atom. The van der Waals surface area contributed by atoms with E-state index in [1.165, 1.54) is 43.3 Å². The summed E-state index contributed by atoms with van der Waals surface area (Å²) in [5, 5.41) is 4.74. The molecule has 0 unspecified atom stereocenters. The quantitative estimate of drug-likeness (QED) is 0.609. The second kappa shape index (κ2) is 7.88. The first-order chi connectivity index (χ1) is 11.7. The minimum atomic E-state index is -4.03. The molecule has 2 aromatic carbocycles. The predicted molar refractivity (Wildman–Crippen MR) is 87.0 cm³/mol. The number of carbonyl (C=O) groups is 2. The van der Waals surface area contributed by atoms with Gasteiger partial charge in [-0.2, -0.15) is 8.42 Å². The molecule has 0 saturated heterocycles. The summed E-state index contributed by atoms with van der Waals surface area (Å²) in [6.45, 7) is 0.993. The lowest BCUT2D eigenvalue weighted by Crippen LogP contribution is -2.15. The molecule has 2 rings (SSSR count). The molecule has 0 aliphatic rings. The second-order valence-electron chi connectivity index (χ2n) is 4.88. The standard InChI is InChI=1S/C16H15NO7S/c1-11(18)23-15-5-3-2-4-14(15)16(19)24-13-8-6-12(7-9-13)10-22-25(17,20)21/h2-9H,10H2,1H3,(H2,17,20,21). The van der Waals surface area contributed by atoms with Crippen molar-refractivity contribution in [2.45, 2.75) is 13.5 Å². The summed E-state index contributed by atoms with van der Waals surface area (Å²) in [7, 11) is -4.03. The summed E-state index contributed by atoms with van der Waals surface area (Å²) in [6.07, 6.45) is 0. The molecule has 0 spiro atoms. The van der Waals surface area contributed by atoms with Gasteiger partial charge >= 0.3 is 22.2 Å². The maximum absolute atomic E-state index is 12.2. The number of ether oxygens (including phenoxy) is 2. The summed E-state index contributed by atoms with van der Waals surface area (Å²) >= 11 is 0. The van der Waals surface area contributed by atoms with E-state index in [0.29, 0.717) is 5.56 Å². The maximum atomic E-state index is 12.2. The third-order valence-electron chi connectivity index (χ3n) is 2.88. The summed E-state index contributed by atoms with van der Waals surface area (Å²) < 4.78 is 36.1. The molecule has 2 aromatic rings. The summed E-state index contributed by atoms with van der Waals surface area (Å²) in [4.78, 5) is 23.3. The fraction of sp³-hybridized carbons (Fsp3) is 0.125. The van der Waals surface area contributed by atoms with Crippen LogP contribution in [0.2, 0.25) is 0 Å². The molecule has 0 bridgehead atoms. The average molecular weight is 365 g/mol. The van der Waals surface area contributed by atoms with Crippen LogP contribution < -0.4 is 14.6 Å². The SMILES string of the molecule is CC(=O)Oc1ccccc1C(=O)Oc1ccc(COS(N)(=O)=O)cc1. The van der Waals surface area contributed by atoms with Gasteiger partial charge in [0.25, 0.3) is 0 Å². The van der Waals surface area contributed by atoms with Crippen LogP contribution in [-0.2, 0) is 25.9 Å². The van der Waals surface area contributed by atoms with Crippen LogP contribution in [0.1, 0.15) is 22.8 Å². The third kappa shape index (κ3) is 5.99. The number of hydrogen-bond donors (Lipinski definition) is 1. The van der Waals surface area contributed by atoms with E-state index in [1.54, 1.807) is 12.1 Å². The van der Waals surface area contributed by atoms with Gasteiger partial charge in [0.15, 0.2) is 0 Å². The average Bonchev–Trinajstić information content (AvgIpc) is 2.53. The normalized spacial score (nSPS) is 11.0. The summed E-state index contributed by atoms with van der Waals surface area (Å²) in [5.41, 5.74) is 0.619. The molecule has 0 fully saturated rings. The van der Waals surface area contributed by atoms with Gasteiger partial charge in [0.1, 0.15) is 17.1 Å². The number of esters is 2.